The van der Waals surface area contributed by atoms with E-state index in [1.165, 1.54) is 0 Å². The maximum Gasteiger partial charge on any atom is 0.305 e. The zero-order chi connectivity index (χ0) is 18.4. The van der Waals surface area contributed by atoms with Crippen molar-refractivity contribution < 1.29 is 24.2 Å². The summed E-state index contributed by atoms with van der Waals surface area (Å²) in [5.41, 5.74) is 1.83. The molecule has 1 saturated heterocycles. The number of carbonyl (C=O) groups excluding carboxylic acids is 1. The van der Waals surface area contributed by atoms with Gasteiger partial charge in [0.2, 0.25) is 5.91 Å². The van der Waals surface area contributed by atoms with Crippen LogP contribution in [0.2, 0.25) is 0 Å². The summed E-state index contributed by atoms with van der Waals surface area (Å²) in [6.45, 7) is 7.65. The van der Waals surface area contributed by atoms with Crippen LogP contribution >= 0.6 is 0 Å². The first-order valence-electron chi connectivity index (χ1n) is 8.08. The monoisotopic (exact) mass is 348 g/mol. The second-order valence-corrected chi connectivity index (χ2v) is 6.11. The maximum absolute atomic E-state index is 12.0. The summed E-state index contributed by atoms with van der Waals surface area (Å²) < 4.78 is 11.0. The Hall–Kier alpha value is -2.54. The summed E-state index contributed by atoms with van der Waals surface area (Å²) in [5.74, 6) is -0.0297. The van der Waals surface area contributed by atoms with Gasteiger partial charge in [-0.25, -0.2) is 0 Å². The van der Waals surface area contributed by atoms with E-state index in [2.05, 4.69) is 11.9 Å². The lowest BCUT2D eigenvalue weighted by Crippen LogP contribution is -2.55. The van der Waals surface area contributed by atoms with Crippen LogP contribution in [0, 0.1) is 0 Å². The molecule has 1 amide bonds. The SMILES string of the molecule is C=C(C)COc1ccc(CN2CCNC(=O)C2CC(=O)O)cc1OC. The Balaban J connectivity index is 2.13. The highest BCUT2D eigenvalue weighted by molar-refractivity contribution is 5.86. The molecule has 1 aliphatic rings. The van der Waals surface area contributed by atoms with Crippen LogP contribution in [0.15, 0.2) is 30.4 Å². The van der Waals surface area contributed by atoms with Crippen LogP contribution in [0.3, 0.4) is 0 Å². The third-order valence-corrected chi connectivity index (χ3v) is 3.90. The number of carbonyl (C=O) groups is 2. The Morgan fingerprint density at radius 2 is 2.20 bits per heavy atom. The number of methoxy groups -OCH3 is 1. The summed E-state index contributed by atoms with van der Waals surface area (Å²) in [6, 6.07) is 4.88. The van der Waals surface area contributed by atoms with Gasteiger partial charge in [-0.3, -0.25) is 14.5 Å². The first kappa shape index (κ1) is 18.8. The smallest absolute Gasteiger partial charge is 0.305 e. The van der Waals surface area contributed by atoms with Gasteiger partial charge in [-0.05, 0) is 30.2 Å². The molecule has 136 valence electrons. The molecule has 1 fully saturated rings. The number of ether oxygens (including phenoxy) is 2. The quantitative estimate of drug-likeness (QED) is 0.691. The van der Waals surface area contributed by atoms with Crippen LogP contribution in [-0.4, -0.2) is 54.7 Å². The number of hydrogen-bond donors (Lipinski definition) is 2. The van der Waals surface area contributed by atoms with E-state index in [0.717, 1.165) is 11.1 Å². The van der Waals surface area contributed by atoms with Gasteiger partial charge < -0.3 is 19.9 Å². The second-order valence-electron chi connectivity index (χ2n) is 6.11. The number of nitrogens with one attached hydrogen (secondary N) is 1. The molecule has 1 aliphatic heterocycles. The zero-order valence-corrected chi connectivity index (χ0v) is 14.6. The number of carboxylic acid groups (broad SMARTS) is 1. The number of hydrogen-bond acceptors (Lipinski definition) is 5. The molecule has 0 spiro atoms. The topological polar surface area (TPSA) is 88.1 Å². The van der Waals surface area contributed by atoms with E-state index in [0.29, 0.717) is 37.7 Å². The first-order valence-corrected chi connectivity index (χ1v) is 8.08. The van der Waals surface area contributed by atoms with Crippen molar-refractivity contribution in [2.45, 2.75) is 25.9 Å². The summed E-state index contributed by atoms with van der Waals surface area (Å²) in [4.78, 5) is 24.9. The molecular formula is C18H24N2O5. The number of piperazine rings is 1. The molecule has 0 bridgehead atoms. The standard InChI is InChI=1S/C18H24N2O5/c1-12(2)11-25-15-5-4-13(8-16(15)24-3)10-20-7-6-19-18(23)14(20)9-17(21)22/h4-5,8,14H,1,6-7,9-11H2,2-3H3,(H,19,23)(H,21,22). The fourth-order valence-corrected chi connectivity index (χ4v) is 2.70. The third kappa shape index (κ3) is 5.22. The van der Waals surface area contributed by atoms with Crippen molar-refractivity contribution in [1.29, 1.82) is 0 Å². The molecular weight excluding hydrogens is 324 g/mol. The number of aliphatic carboxylic acids is 1. The van der Waals surface area contributed by atoms with E-state index in [1.54, 1.807) is 7.11 Å². The molecule has 1 aromatic rings. The predicted molar refractivity (Wildman–Crippen MR) is 92.8 cm³/mol. The summed E-state index contributed by atoms with van der Waals surface area (Å²) >= 11 is 0. The van der Waals surface area contributed by atoms with Crippen molar-refractivity contribution in [3.63, 3.8) is 0 Å². The van der Waals surface area contributed by atoms with E-state index in [4.69, 9.17) is 14.6 Å². The Morgan fingerprint density at radius 3 is 2.84 bits per heavy atom. The Kier molecular flexibility index (Phi) is 6.41. The van der Waals surface area contributed by atoms with E-state index in [9.17, 15) is 9.59 Å². The van der Waals surface area contributed by atoms with Crippen LogP contribution in [0.5, 0.6) is 11.5 Å². The largest absolute Gasteiger partial charge is 0.493 e. The molecule has 1 aromatic carbocycles. The van der Waals surface area contributed by atoms with Crippen LogP contribution in [-0.2, 0) is 16.1 Å². The van der Waals surface area contributed by atoms with Crippen molar-refractivity contribution in [3.8, 4) is 11.5 Å². The highest BCUT2D eigenvalue weighted by Gasteiger charge is 2.31. The minimum atomic E-state index is -0.992. The van der Waals surface area contributed by atoms with Crippen LogP contribution in [0.4, 0.5) is 0 Å². The summed E-state index contributed by atoms with van der Waals surface area (Å²) in [7, 11) is 1.56. The lowest BCUT2D eigenvalue weighted by atomic mass is 10.1. The van der Waals surface area contributed by atoms with Crippen molar-refractivity contribution in [2.75, 3.05) is 26.8 Å². The normalized spacial score (nSPS) is 17.7. The van der Waals surface area contributed by atoms with Crippen LogP contribution < -0.4 is 14.8 Å². The molecule has 0 aromatic heterocycles. The average molecular weight is 348 g/mol. The molecule has 2 rings (SSSR count). The zero-order valence-electron chi connectivity index (χ0n) is 14.6. The van der Waals surface area contributed by atoms with Gasteiger partial charge in [0.1, 0.15) is 12.6 Å². The molecule has 25 heavy (non-hydrogen) atoms. The van der Waals surface area contributed by atoms with E-state index in [-0.39, 0.29) is 12.3 Å². The van der Waals surface area contributed by atoms with E-state index < -0.39 is 12.0 Å². The van der Waals surface area contributed by atoms with E-state index >= 15 is 0 Å². The number of nitrogens with zero attached hydrogens (tertiary/aromatic N) is 1. The van der Waals surface area contributed by atoms with Gasteiger partial charge in [-0.15, -0.1) is 0 Å². The van der Waals surface area contributed by atoms with Gasteiger partial charge in [-0.2, -0.15) is 0 Å². The van der Waals surface area contributed by atoms with Crippen molar-refractivity contribution in [1.82, 2.24) is 10.2 Å². The number of amides is 1. The van der Waals surface area contributed by atoms with Crippen LogP contribution in [0.1, 0.15) is 18.9 Å². The van der Waals surface area contributed by atoms with Gasteiger partial charge in [0.05, 0.1) is 13.5 Å². The molecule has 0 radical (unpaired) electrons. The highest BCUT2D eigenvalue weighted by atomic mass is 16.5. The van der Waals surface area contributed by atoms with Gasteiger partial charge in [0.15, 0.2) is 11.5 Å². The molecule has 0 saturated carbocycles. The summed E-state index contributed by atoms with van der Waals surface area (Å²) in [5, 5.41) is 11.8. The molecule has 7 nitrogen and oxygen atoms in total. The number of rotatable bonds is 8. The van der Waals surface area contributed by atoms with Crippen LogP contribution in [0.25, 0.3) is 0 Å². The lowest BCUT2D eigenvalue weighted by Gasteiger charge is -2.34. The molecule has 1 heterocycles. The first-order chi connectivity index (χ1) is 11.9. The van der Waals surface area contributed by atoms with Crippen molar-refractivity contribution in [2.24, 2.45) is 0 Å². The van der Waals surface area contributed by atoms with Gasteiger partial charge >= 0.3 is 5.97 Å². The Bertz CT molecular complexity index is 659. The van der Waals surface area contributed by atoms with Gasteiger partial charge in [0.25, 0.3) is 0 Å². The van der Waals surface area contributed by atoms with Crippen molar-refractivity contribution >= 4 is 11.9 Å². The average Bonchev–Trinajstić information content (AvgIpc) is 2.56. The number of benzene rings is 1. The second kappa shape index (κ2) is 8.53. The molecule has 2 N–H and O–H groups in total. The fraction of sp³-hybridized carbons (Fsp3) is 0.444. The fourth-order valence-electron chi connectivity index (χ4n) is 2.70. The maximum atomic E-state index is 12.0. The van der Waals surface area contributed by atoms with E-state index in [1.807, 2.05) is 30.0 Å². The predicted octanol–water partition coefficient (Wildman–Crippen LogP) is 1.43. The molecule has 1 unspecified atom stereocenters. The minimum absolute atomic E-state index is 0.219. The number of carboxylic acids is 1. The van der Waals surface area contributed by atoms with Crippen molar-refractivity contribution in [3.05, 3.63) is 35.9 Å². The molecule has 1 atom stereocenters. The Morgan fingerprint density at radius 1 is 1.44 bits per heavy atom. The Labute approximate surface area is 147 Å². The highest BCUT2D eigenvalue weighted by Crippen LogP contribution is 2.29. The third-order valence-electron chi connectivity index (χ3n) is 3.90. The molecule has 7 heteroatoms. The lowest BCUT2D eigenvalue weighted by molar-refractivity contribution is -0.143. The minimum Gasteiger partial charge on any atom is -0.493 e. The molecule has 0 aliphatic carbocycles. The van der Waals surface area contributed by atoms with Gasteiger partial charge in [0, 0.05) is 19.6 Å². The summed E-state index contributed by atoms with van der Waals surface area (Å²) in [6.07, 6.45) is -0.219. The van der Waals surface area contributed by atoms with Gasteiger partial charge in [-0.1, -0.05) is 12.6 Å².